The SMILES string of the molecule is CNC(=O)COC(=O)c1oc2ccccc2c1CSC1=NCCS1. The molecular formula is C16H16N2O4S2. The fraction of sp³-hybridized carbons (Fsp3) is 0.312. The standard InChI is InChI=1S/C16H16N2O4S2/c1-17-13(19)8-21-15(20)14-11(9-24-16-18-6-7-23-16)10-4-2-3-5-12(10)22-14/h2-5H,6-9H2,1H3,(H,17,19). The molecule has 1 amide bonds. The predicted octanol–water partition coefficient (Wildman–Crippen LogP) is 2.67. The number of fused-ring (bicyclic) bond motifs is 1. The first-order chi connectivity index (χ1) is 11.7. The number of aliphatic imine (C=N–C) groups is 1. The van der Waals surface area contributed by atoms with Crippen LogP contribution in [0.25, 0.3) is 11.0 Å². The van der Waals surface area contributed by atoms with Crippen molar-refractivity contribution in [1.29, 1.82) is 0 Å². The lowest BCUT2D eigenvalue weighted by atomic mass is 10.1. The summed E-state index contributed by atoms with van der Waals surface area (Å²) in [4.78, 5) is 28.0. The molecule has 1 aromatic heterocycles. The Balaban J connectivity index is 1.83. The summed E-state index contributed by atoms with van der Waals surface area (Å²) in [5, 5.41) is 3.28. The van der Waals surface area contributed by atoms with E-state index in [1.54, 1.807) is 29.6 Å². The molecule has 0 aliphatic carbocycles. The Bertz CT molecular complexity index is 800. The molecule has 1 N–H and O–H groups in total. The summed E-state index contributed by atoms with van der Waals surface area (Å²) in [6.07, 6.45) is 0. The monoisotopic (exact) mass is 364 g/mol. The van der Waals surface area contributed by atoms with Gasteiger partial charge in [0.1, 0.15) is 9.96 Å². The largest absolute Gasteiger partial charge is 0.450 e. The van der Waals surface area contributed by atoms with Gasteiger partial charge in [-0.15, -0.1) is 0 Å². The number of furan rings is 1. The molecule has 8 heteroatoms. The highest BCUT2D eigenvalue weighted by atomic mass is 32.2. The van der Waals surface area contributed by atoms with Gasteiger partial charge in [0, 0.05) is 29.5 Å². The van der Waals surface area contributed by atoms with Gasteiger partial charge in [0.05, 0.1) is 6.54 Å². The fourth-order valence-electron chi connectivity index (χ4n) is 2.21. The van der Waals surface area contributed by atoms with Gasteiger partial charge in [-0.05, 0) is 6.07 Å². The van der Waals surface area contributed by atoms with E-state index in [0.29, 0.717) is 11.3 Å². The molecule has 126 valence electrons. The zero-order chi connectivity index (χ0) is 16.9. The van der Waals surface area contributed by atoms with Crippen molar-refractivity contribution in [2.24, 2.45) is 4.99 Å². The Hall–Kier alpha value is -1.93. The minimum absolute atomic E-state index is 0.149. The summed E-state index contributed by atoms with van der Waals surface area (Å²) in [5.74, 6) is 0.706. The fourth-order valence-corrected chi connectivity index (χ4v) is 4.25. The van der Waals surface area contributed by atoms with Crippen molar-refractivity contribution in [3.63, 3.8) is 0 Å². The number of hydrogen-bond donors (Lipinski definition) is 1. The minimum Gasteiger partial charge on any atom is -0.450 e. The lowest BCUT2D eigenvalue weighted by Gasteiger charge is -2.04. The smallest absolute Gasteiger partial charge is 0.375 e. The summed E-state index contributed by atoms with van der Waals surface area (Å²) in [6.45, 7) is 0.502. The molecule has 3 rings (SSSR count). The van der Waals surface area contributed by atoms with Gasteiger partial charge in [0.25, 0.3) is 5.91 Å². The highest BCUT2D eigenvalue weighted by Gasteiger charge is 2.23. The molecule has 2 heterocycles. The van der Waals surface area contributed by atoms with Crippen molar-refractivity contribution < 1.29 is 18.7 Å². The lowest BCUT2D eigenvalue weighted by Crippen LogP contribution is -2.25. The molecule has 2 aromatic rings. The molecule has 0 bridgehead atoms. The van der Waals surface area contributed by atoms with Gasteiger partial charge in [-0.25, -0.2) is 4.79 Å². The van der Waals surface area contributed by atoms with Crippen LogP contribution in [-0.2, 0) is 15.3 Å². The van der Waals surface area contributed by atoms with E-state index in [4.69, 9.17) is 9.15 Å². The first kappa shape index (κ1) is 16.9. The predicted molar refractivity (Wildman–Crippen MR) is 96.6 cm³/mol. The van der Waals surface area contributed by atoms with Gasteiger partial charge in [-0.1, -0.05) is 41.7 Å². The first-order valence-corrected chi connectivity index (χ1v) is 9.34. The summed E-state index contributed by atoms with van der Waals surface area (Å²) in [6, 6.07) is 7.46. The molecule has 1 aromatic carbocycles. The van der Waals surface area contributed by atoms with E-state index < -0.39 is 5.97 Å². The average Bonchev–Trinajstić information content (AvgIpc) is 3.24. The number of rotatable bonds is 5. The maximum absolute atomic E-state index is 12.3. The molecule has 0 saturated carbocycles. The Labute approximate surface area is 147 Å². The molecule has 0 saturated heterocycles. The molecule has 0 spiro atoms. The Kier molecular flexibility index (Phi) is 5.47. The number of nitrogens with one attached hydrogen (secondary N) is 1. The van der Waals surface area contributed by atoms with E-state index in [0.717, 1.165) is 27.6 Å². The second kappa shape index (κ2) is 7.76. The zero-order valence-electron chi connectivity index (χ0n) is 13.0. The van der Waals surface area contributed by atoms with Crippen molar-refractivity contribution in [2.75, 3.05) is 26.0 Å². The van der Waals surface area contributed by atoms with Crippen LogP contribution in [0.4, 0.5) is 0 Å². The van der Waals surface area contributed by atoms with Gasteiger partial charge in [-0.2, -0.15) is 0 Å². The molecule has 0 radical (unpaired) electrons. The first-order valence-electron chi connectivity index (χ1n) is 7.37. The number of hydrogen-bond acceptors (Lipinski definition) is 7. The summed E-state index contributed by atoms with van der Waals surface area (Å²) in [7, 11) is 1.49. The highest BCUT2D eigenvalue weighted by molar-refractivity contribution is 8.38. The third-order valence-electron chi connectivity index (χ3n) is 3.39. The number of carbonyl (C=O) groups excluding carboxylic acids is 2. The number of ether oxygens (including phenoxy) is 1. The third-order valence-corrected chi connectivity index (χ3v) is 5.67. The Morgan fingerprint density at radius 2 is 2.25 bits per heavy atom. The van der Waals surface area contributed by atoms with Gasteiger partial charge in [-0.3, -0.25) is 9.79 Å². The molecule has 0 fully saturated rings. The quantitative estimate of drug-likeness (QED) is 0.822. The topological polar surface area (TPSA) is 80.9 Å². The van der Waals surface area contributed by atoms with Crippen molar-refractivity contribution >= 4 is 50.7 Å². The number of nitrogens with zero attached hydrogens (tertiary/aromatic N) is 1. The minimum atomic E-state index is -0.633. The van der Waals surface area contributed by atoms with Crippen LogP contribution < -0.4 is 5.32 Å². The number of esters is 1. The van der Waals surface area contributed by atoms with Gasteiger partial charge < -0.3 is 14.5 Å². The molecule has 1 aliphatic heterocycles. The molecular weight excluding hydrogens is 348 g/mol. The highest BCUT2D eigenvalue weighted by Crippen LogP contribution is 2.32. The third kappa shape index (κ3) is 3.76. The number of likely N-dealkylation sites (N-methyl/N-ethyl adjacent to an activating group) is 1. The summed E-state index contributed by atoms with van der Waals surface area (Å²) in [5.41, 5.74) is 1.40. The van der Waals surface area contributed by atoms with Crippen molar-refractivity contribution in [3.8, 4) is 0 Å². The van der Waals surface area contributed by atoms with Crippen molar-refractivity contribution in [1.82, 2.24) is 5.32 Å². The van der Waals surface area contributed by atoms with E-state index in [1.807, 2.05) is 18.2 Å². The van der Waals surface area contributed by atoms with E-state index in [-0.39, 0.29) is 18.3 Å². The normalized spacial score (nSPS) is 13.8. The van der Waals surface area contributed by atoms with Crippen molar-refractivity contribution in [3.05, 3.63) is 35.6 Å². The second-order valence-corrected chi connectivity index (χ2v) is 7.25. The van der Waals surface area contributed by atoms with Crippen LogP contribution in [0.2, 0.25) is 0 Å². The molecule has 1 aliphatic rings. The van der Waals surface area contributed by atoms with Crippen LogP contribution in [0, 0.1) is 0 Å². The molecule has 0 atom stereocenters. The Morgan fingerprint density at radius 3 is 3.00 bits per heavy atom. The van der Waals surface area contributed by atoms with Crippen LogP contribution in [0.15, 0.2) is 33.7 Å². The van der Waals surface area contributed by atoms with Crippen molar-refractivity contribution in [2.45, 2.75) is 5.75 Å². The number of para-hydroxylation sites is 1. The van der Waals surface area contributed by atoms with E-state index >= 15 is 0 Å². The molecule has 24 heavy (non-hydrogen) atoms. The maximum Gasteiger partial charge on any atom is 0.375 e. The number of amides is 1. The number of carbonyl (C=O) groups is 2. The van der Waals surface area contributed by atoms with Crippen LogP contribution in [-0.4, -0.2) is 42.2 Å². The van der Waals surface area contributed by atoms with E-state index in [9.17, 15) is 9.59 Å². The molecule has 6 nitrogen and oxygen atoms in total. The second-order valence-electron chi connectivity index (χ2n) is 4.94. The average molecular weight is 364 g/mol. The number of benzene rings is 1. The summed E-state index contributed by atoms with van der Waals surface area (Å²) < 4.78 is 11.7. The van der Waals surface area contributed by atoms with E-state index in [1.165, 1.54) is 7.05 Å². The van der Waals surface area contributed by atoms with Crippen LogP contribution in [0.5, 0.6) is 0 Å². The van der Waals surface area contributed by atoms with Crippen LogP contribution in [0.1, 0.15) is 16.1 Å². The van der Waals surface area contributed by atoms with Gasteiger partial charge in [0.2, 0.25) is 5.76 Å². The van der Waals surface area contributed by atoms with E-state index in [2.05, 4.69) is 10.3 Å². The van der Waals surface area contributed by atoms with Gasteiger partial charge in [0.15, 0.2) is 6.61 Å². The Morgan fingerprint density at radius 1 is 1.42 bits per heavy atom. The van der Waals surface area contributed by atoms with Crippen LogP contribution >= 0.6 is 23.5 Å². The van der Waals surface area contributed by atoms with Gasteiger partial charge >= 0.3 is 5.97 Å². The maximum atomic E-state index is 12.3. The number of thioether (sulfide) groups is 2. The summed E-state index contributed by atoms with van der Waals surface area (Å²) >= 11 is 3.30. The molecule has 0 unspecified atom stereocenters. The van der Waals surface area contributed by atoms with Crippen LogP contribution in [0.3, 0.4) is 0 Å². The lowest BCUT2D eigenvalue weighted by molar-refractivity contribution is -0.123. The zero-order valence-corrected chi connectivity index (χ0v) is 14.7.